The van der Waals surface area contributed by atoms with Crippen LogP contribution < -0.4 is 0 Å². The van der Waals surface area contributed by atoms with Gasteiger partial charge < -0.3 is 9.84 Å². The maximum absolute atomic E-state index is 8.80. The number of hydrogen-bond donors (Lipinski definition) is 1. The van der Waals surface area contributed by atoms with Gasteiger partial charge in [0.15, 0.2) is 0 Å². The second kappa shape index (κ2) is 3.11. The molecule has 11 heavy (non-hydrogen) atoms. The molecule has 2 fully saturated rings. The zero-order valence-electron chi connectivity index (χ0n) is 6.83. The van der Waals surface area contributed by atoms with E-state index in [2.05, 4.69) is 0 Å². The Labute approximate surface area is 67.6 Å². The summed E-state index contributed by atoms with van der Waals surface area (Å²) in [6.45, 7) is 1.31. The van der Waals surface area contributed by atoms with Crippen LogP contribution in [-0.2, 0) is 4.74 Å². The molecule has 0 aromatic carbocycles. The van der Waals surface area contributed by atoms with Crippen LogP contribution in [0.5, 0.6) is 0 Å². The summed E-state index contributed by atoms with van der Waals surface area (Å²) >= 11 is 0. The van der Waals surface area contributed by atoms with Gasteiger partial charge in [-0.25, -0.2) is 0 Å². The summed E-state index contributed by atoms with van der Waals surface area (Å²) in [6, 6.07) is 0. The lowest BCUT2D eigenvalue weighted by Gasteiger charge is -2.25. The van der Waals surface area contributed by atoms with Crippen LogP contribution in [0.4, 0.5) is 0 Å². The van der Waals surface area contributed by atoms with Crippen molar-refractivity contribution in [3.05, 3.63) is 0 Å². The molecule has 2 bridgehead atoms. The van der Waals surface area contributed by atoms with Crippen LogP contribution in [0.1, 0.15) is 25.7 Å². The van der Waals surface area contributed by atoms with E-state index in [0.717, 1.165) is 24.9 Å². The van der Waals surface area contributed by atoms with E-state index in [1.165, 1.54) is 19.3 Å². The molecule has 1 aliphatic heterocycles. The van der Waals surface area contributed by atoms with Gasteiger partial charge in [0.2, 0.25) is 0 Å². The predicted octanol–water partition coefficient (Wildman–Crippen LogP) is 1.18. The van der Waals surface area contributed by atoms with Gasteiger partial charge in [0.25, 0.3) is 0 Å². The molecule has 3 atom stereocenters. The molecule has 1 heterocycles. The van der Waals surface area contributed by atoms with Gasteiger partial charge in [-0.1, -0.05) is 0 Å². The van der Waals surface area contributed by atoms with Crippen molar-refractivity contribution in [3.8, 4) is 0 Å². The summed E-state index contributed by atoms with van der Waals surface area (Å²) in [5, 5.41) is 8.80. The van der Waals surface area contributed by atoms with Crippen molar-refractivity contribution in [3.63, 3.8) is 0 Å². The molecule has 2 rings (SSSR count). The zero-order chi connectivity index (χ0) is 7.68. The number of hydrogen-bond acceptors (Lipinski definition) is 2. The van der Waals surface area contributed by atoms with Crippen molar-refractivity contribution in [1.82, 2.24) is 0 Å². The summed E-state index contributed by atoms with van der Waals surface area (Å²) in [6.07, 6.45) is 5.30. The van der Waals surface area contributed by atoms with Gasteiger partial charge in [0.05, 0.1) is 12.7 Å². The van der Waals surface area contributed by atoms with Gasteiger partial charge in [-0.2, -0.15) is 0 Å². The number of ether oxygens (including phenoxy) is 1. The Balaban J connectivity index is 1.91. The molecule has 64 valence electrons. The third kappa shape index (κ3) is 1.42. The highest BCUT2D eigenvalue weighted by Crippen LogP contribution is 2.38. The van der Waals surface area contributed by atoms with E-state index < -0.39 is 0 Å². The van der Waals surface area contributed by atoms with Gasteiger partial charge in [0, 0.05) is 6.61 Å². The molecule has 1 saturated heterocycles. The fraction of sp³-hybridized carbons (Fsp3) is 1.00. The normalized spacial score (nSPS) is 42.8. The fourth-order valence-electron chi connectivity index (χ4n) is 2.44. The van der Waals surface area contributed by atoms with Crippen LogP contribution in [-0.4, -0.2) is 24.4 Å². The van der Waals surface area contributed by atoms with E-state index in [4.69, 9.17) is 9.84 Å². The standard InChI is InChI=1S/C9H16O2/c10-4-3-7-1-2-9-5-8(7)6-11-9/h7-10H,1-6H2. The van der Waals surface area contributed by atoms with Gasteiger partial charge in [-0.3, -0.25) is 0 Å². The Hall–Kier alpha value is -0.0800. The highest BCUT2D eigenvalue weighted by molar-refractivity contribution is 4.85. The van der Waals surface area contributed by atoms with E-state index in [0.29, 0.717) is 12.7 Å². The van der Waals surface area contributed by atoms with E-state index >= 15 is 0 Å². The van der Waals surface area contributed by atoms with Gasteiger partial charge in [0.1, 0.15) is 0 Å². The average molecular weight is 156 g/mol. The van der Waals surface area contributed by atoms with Crippen molar-refractivity contribution >= 4 is 0 Å². The molecule has 0 aromatic heterocycles. The number of aliphatic hydroxyl groups is 1. The Kier molecular flexibility index (Phi) is 2.14. The predicted molar refractivity (Wildman–Crippen MR) is 42.3 cm³/mol. The van der Waals surface area contributed by atoms with Gasteiger partial charge in [-0.15, -0.1) is 0 Å². The molecule has 0 aromatic rings. The lowest BCUT2D eigenvalue weighted by Crippen LogP contribution is -2.21. The first-order valence-corrected chi connectivity index (χ1v) is 4.62. The SMILES string of the molecule is OCCC1CCC2CC1CO2. The number of fused-ring (bicyclic) bond motifs is 2. The molecule has 1 N–H and O–H groups in total. The number of aliphatic hydroxyl groups excluding tert-OH is 1. The van der Waals surface area contributed by atoms with Gasteiger partial charge in [-0.05, 0) is 37.5 Å². The summed E-state index contributed by atoms with van der Waals surface area (Å²) in [7, 11) is 0. The summed E-state index contributed by atoms with van der Waals surface area (Å²) in [5.41, 5.74) is 0. The first-order chi connectivity index (χ1) is 5.40. The van der Waals surface area contributed by atoms with Gasteiger partial charge >= 0.3 is 0 Å². The van der Waals surface area contributed by atoms with Crippen molar-refractivity contribution in [2.75, 3.05) is 13.2 Å². The third-order valence-electron chi connectivity index (χ3n) is 3.14. The van der Waals surface area contributed by atoms with E-state index in [-0.39, 0.29) is 0 Å². The minimum Gasteiger partial charge on any atom is -0.396 e. The highest BCUT2D eigenvalue weighted by Gasteiger charge is 2.35. The molecule has 1 aliphatic carbocycles. The van der Waals surface area contributed by atoms with Crippen LogP contribution >= 0.6 is 0 Å². The Bertz CT molecular complexity index is 136. The molecule has 3 unspecified atom stereocenters. The largest absolute Gasteiger partial charge is 0.396 e. The van der Waals surface area contributed by atoms with Crippen LogP contribution in [0.2, 0.25) is 0 Å². The maximum atomic E-state index is 8.80. The fourth-order valence-corrected chi connectivity index (χ4v) is 2.44. The quantitative estimate of drug-likeness (QED) is 0.650. The van der Waals surface area contributed by atoms with Crippen molar-refractivity contribution < 1.29 is 9.84 Å². The smallest absolute Gasteiger partial charge is 0.0579 e. The van der Waals surface area contributed by atoms with Crippen molar-refractivity contribution in [2.24, 2.45) is 11.8 Å². The Morgan fingerprint density at radius 1 is 1.36 bits per heavy atom. The molecule has 0 spiro atoms. The molecule has 1 saturated carbocycles. The minimum atomic E-state index is 0.353. The molecular formula is C9H16O2. The molecule has 0 radical (unpaired) electrons. The third-order valence-corrected chi connectivity index (χ3v) is 3.14. The second-order valence-corrected chi connectivity index (χ2v) is 3.80. The second-order valence-electron chi connectivity index (χ2n) is 3.80. The van der Waals surface area contributed by atoms with E-state index in [1.807, 2.05) is 0 Å². The van der Waals surface area contributed by atoms with Crippen molar-refractivity contribution in [1.29, 1.82) is 0 Å². The first-order valence-electron chi connectivity index (χ1n) is 4.62. The van der Waals surface area contributed by atoms with Crippen LogP contribution in [0.3, 0.4) is 0 Å². The summed E-state index contributed by atoms with van der Waals surface area (Å²) < 4.78 is 5.57. The monoisotopic (exact) mass is 156 g/mol. The first kappa shape index (κ1) is 7.56. The maximum Gasteiger partial charge on any atom is 0.0579 e. The number of rotatable bonds is 2. The van der Waals surface area contributed by atoms with Crippen LogP contribution in [0, 0.1) is 11.8 Å². The molecule has 2 nitrogen and oxygen atoms in total. The summed E-state index contributed by atoms with van der Waals surface area (Å²) in [4.78, 5) is 0. The molecule has 2 heteroatoms. The van der Waals surface area contributed by atoms with E-state index in [1.54, 1.807) is 0 Å². The van der Waals surface area contributed by atoms with Crippen LogP contribution in [0.15, 0.2) is 0 Å². The Morgan fingerprint density at radius 3 is 3.09 bits per heavy atom. The van der Waals surface area contributed by atoms with Crippen molar-refractivity contribution in [2.45, 2.75) is 31.8 Å². The highest BCUT2D eigenvalue weighted by atomic mass is 16.5. The minimum absolute atomic E-state index is 0.353. The molecular weight excluding hydrogens is 140 g/mol. The molecule has 0 amide bonds. The lowest BCUT2D eigenvalue weighted by molar-refractivity contribution is 0.107. The molecule has 2 aliphatic rings. The zero-order valence-corrected chi connectivity index (χ0v) is 6.83. The Morgan fingerprint density at radius 2 is 2.27 bits per heavy atom. The summed E-state index contributed by atoms with van der Waals surface area (Å²) in [5.74, 6) is 1.51. The van der Waals surface area contributed by atoms with Crippen LogP contribution in [0.25, 0.3) is 0 Å². The topological polar surface area (TPSA) is 29.5 Å². The lowest BCUT2D eigenvalue weighted by atomic mass is 9.79. The van der Waals surface area contributed by atoms with E-state index in [9.17, 15) is 0 Å². The average Bonchev–Trinajstić information content (AvgIpc) is 2.40.